The number of carbonyl (C=O) groups is 3. The molecule has 0 saturated carbocycles. The standard InChI is InChI=1S/C26H48N2O6/c1-11-17(4)23(27(7)25(30)18(5)16(2)3)21(32-8)15-22(29)28-14-12-13-20(28)24(33-9)19(6)26(31)34-10/h16-21,23-24H,11-15H2,1-10H3/t17-,18-,19+,20-,21+,23-,24+/m0/s1. The lowest BCUT2D eigenvalue weighted by Gasteiger charge is -2.40. The fraction of sp³-hybridized carbons (Fsp3) is 0.885. The lowest BCUT2D eigenvalue weighted by Crippen LogP contribution is -2.53. The van der Waals surface area contributed by atoms with Crippen molar-refractivity contribution < 1.29 is 28.6 Å². The van der Waals surface area contributed by atoms with Gasteiger partial charge in [0.05, 0.1) is 43.7 Å². The number of rotatable bonds is 13. The van der Waals surface area contributed by atoms with Gasteiger partial charge in [0.15, 0.2) is 0 Å². The molecule has 0 aromatic rings. The number of hydrogen-bond donors (Lipinski definition) is 0. The van der Waals surface area contributed by atoms with Gasteiger partial charge in [0.25, 0.3) is 0 Å². The molecule has 0 aliphatic carbocycles. The maximum Gasteiger partial charge on any atom is 0.311 e. The average Bonchev–Trinajstić information content (AvgIpc) is 3.31. The fourth-order valence-electron chi connectivity index (χ4n) is 5.08. The van der Waals surface area contributed by atoms with E-state index in [-0.39, 0.29) is 54.0 Å². The molecular weight excluding hydrogens is 436 g/mol. The van der Waals surface area contributed by atoms with Crippen LogP contribution in [0, 0.1) is 23.7 Å². The quantitative estimate of drug-likeness (QED) is 0.373. The molecule has 0 N–H and O–H groups in total. The maximum atomic E-state index is 13.5. The third-order valence-corrected chi connectivity index (χ3v) is 7.81. The van der Waals surface area contributed by atoms with Crippen LogP contribution in [0.1, 0.15) is 67.2 Å². The highest BCUT2D eigenvalue weighted by molar-refractivity contribution is 5.80. The van der Waals surface area contributed by atoms with Gasteiger partial charge in [-0.1, -0.05) is 41.0 Å². The Balaban J connectivity index is 3.11. The van der Waals surface area contributed by atoms with Crippen LogP contribution in [0.3, 0.4) is 0 Å². The molecule has 1 saturated heterocycles. The van der Waals surface area contributed by atoms with E-state index >= 15 is 0 Å². The predicted octanol–water partition coefficient (Wildman–Crippen LogP) is 3.37. The van der Waals surface area contributed by atoms with Crippen LogP contribution in [0.2, 0.25) is 0 Å². The van der Waals surface area contributed by atoms with Crippen LogP contribution in [-0.4, -0.2) is 86.8 Å². The molecule has 34 heavy (non-hydrogen) atoms. The summed E-state index contributed by atoms with van der Waals surface area (Å²) in [5.41, 5.74) is 0. The van der Waals surface area contributed by atoms with Crippen LogP contribution in [0.25, 0.3) is 0 Å². The molecule has 8 nitrogen and oxygen atoms in total. The Morgan fingerprint density at radius 2 is 1.62 bits per heavy atom. The Kier molecular flexibility index (Phi) is 12.5. The Morgan fingerprint density at radius 1 is 1.00 bits per heavy atom. The van der Waals surface area contributed by atoms with E-state index in [2.05, 4.69) is 13.8 Å². The number of esters is 1. The van der Waals surface area contributed by atoms with Crippen molar-refractivity contribution in [3.63, 3.8) is 0 Å². The average molecular weight is 485 g/mol. The molecule has 0 aromatic heterocycles. The van der Waals surface area contributed by atoms with Crippen molar-refractivity contribution in [2.24, 2.45) is 23.7 Å². The summed E-state index contributed by atoms with van der Waals surface area (Å²) in [6.07, 6.45) is 1.76. The second-order valence-electron chi connectivity index (χ2n) is 10.1. The second kappa shape index (κ2) is 14.0. The number of likely N-dealkylation sites (tertiary alicyclic amines) is 1. The zero-order chi connectivity index (χ0) is 26.2. The molecular formula is C26H48N2O6. The van der Waals surface area contributed by atoms with Gasteiger partial charge in [-0.15, -0.1) is 0 Å². The Labute approximate surface area is 206 Å². The molecule has 0 radical (unpaired) electrons. The second-order valence-corrected chi connectivity index (χ2v) is 10.1. The minimum Gasteiger partial charge on any atom is -0.469 e. The fourth-order valence-corrected chi connectivity index (χ4v) is 5.08. The van der Waals surface area contributed by atoms with Gasteiger partial charge in [-0.2, -0.15) is 0 Å². The third-order valence-electron chi connectivity index (χ3n) is 7.81. The first-order chi connectivity index (χ1) is 16.0. The number of methoxy groups -OCH3 is 3. The number of likely N-dealkylation sites (N-methyl/N-ethyl adjacent to an activating group) is 1. The van der Waals surface area contributed by atoms with Crippen LogP contribution < -0.4 is 0 Å². The van der Waals surface area contributed by atoms with E-state index in [1.807, 2.05) is 32.7 Å². The van der Waals surface area contributed by atoms with E-state index in [1.54, 1.807) is 26.0 Å². The lowest BCUT2D eigenvalue weighted by molar-refractivity contribution is -0.154. The first-order valence-electron chi connectivity index (χ1n) is 12.7. The molecule has 8 heteroatoms. The molecule has 1 heterocycles. The predicted molar refractivity (Wildman–Crippen MR) is 132 cm³/mol. The summed E-state index contributed by atoms with van der Waals surface area (Å²) < 4.78 is 16.4. The van der Waals surface area contributed by atoms with Crippen LogP contribution in [0.4, 0.5) is 0 Å². The van der Waals surface area contributed by atoms with Gasteiger partial charge in [-0.3, -0.25) is 14.4 Å². The highest BCUT2D eigenvalue weighted by Crippen LogP contribution is 2.30. The molecule has 7 atom stereocenters. The van der Waals surface area contributed by atoms with Crippen molar-refractivity contribution in [2.75, 3.05) is 34.9 Å². The van der Waals surface area contributed by atoms with E-state index in [0.29, 0.717) is 6.54 Å². The van der Waals surface area contributed by atoms with Gasteiger partial charge in [-0.05, 0) is 31.6 Å². The zero-order valence-corrected chi connectivity index (χ0v) is 23.0. The topological polar surface area (TPSA) is 85.4 Å². The molecule has 0 bridgehead atoms. The summed E-state index contributed by atoms with van der Waals surface area (Å²) in [7, 11) is 6.36. The largest absolute Gasteiger partial charge is 0.469 e. The molecule has 1 rings (SSSR count). The third kappa shape index (κ3) is 7.17. The van der Waals surface area contributed by atoms with E-state index in [0.717, 1.165) is 19.3 Å². The van der Waals surface area contributed by atoms with E-state index in [4.69, 9.17) is 14.2 Å². The van der Waals surface area contributed by atoms with Gasteiger partial charge in [0.2, 0.25) is 11.8 Å². The summed E-state index contributed by atoms with van der Waals surface area (Å²) in [5.74, 6) is -0.539. The van der Waals surface area contributed by atoms with Crippen LogP contribution in [0.15, 0.2) is 0 Å². The van der Waals surface area contributed by atoms with Crippen molar-refractivity contribution >= 4 is 17.8 Å². The molecule has 0 aromatic carbocycles. The lowest BCUT2D eigenvalue weighted by atomic mass is 9.88. The molecule has 1 aliphatic rings. The van der Waals surface area contributed by atoms with Crippen LogP contribution in [-0.2, 0) is 28.6 Å². The van der Waals surface area contributed by atoms with Crippen molar-refractivity contribution in [1.29, 1.82) is 0 Å². The minimum atomic E-state index is -0.485. The Morgan fingerprint density at radius 3 is 2.09 bits per heavy atom. The Hall–Kier alpha value is -1.67. The maximum absolute atomic E-state index is 13.5. The van der Waals surface area contributed by atoms with E-state index in [1.165, 1.54) is 7.11 Å². The van der Waals surface area contributed by atoms with Crippen LogP contribution in [0.5, 0.6) is 0 Å². The summed E-state index contributed by atoms with van der Waals surface area (Å²) in [5, 5.41) is 0. The SMILES string of the molecule is CC[C@H](C)[C@@H]([C@@H](CC(=O)N1CCC[C@H]1[C@H](OC)[C@@H](C)C(=O)OC)OC)N(C)C(=O)[C@@H](C)C(C)C. The highest BCUT2D eigenvalue weighted by Gasteiger charge is 2.42. The first kappa shape index (κ1) is 30.4. The first-order valence-corrected chi connectivity index (χ1v) is 12.7. The molecule has 1 aliphatic heterocycles. The summed E-state index contributed by atoms with van der Waals surface area (Å²) in [6.45, 7) is 12.6. The molecule has 2 amide bonds. The smallest absolute Gasteiger partial charge is 0.311 e. The van der Waals surface area contributed by atoms with Gasteiger partial charge in [0, 0.05) is 33.7 Å². The normalized spacial score (nSPS) is 21.5. The molecule has 0 unspecified atom stereocenters. The van der Waals surface area contributed by atoms with Gasteiger partial charge >= 0.3 is 5.97 Å². The number of carbonyl (C=O) groups excluding carboxylic acids is 3. The van der Waals surface area contributed by atoms with Crippen molar-refractivity contribution in [1.82, 2.24) is 9.80 Å². The van der Waals surface area contributed by atoms with Crippen LogP contribution >= 0.6 is 0 Å². The molecule has 0 spiro atoms. The summed E-state index contributed by atoms with van der Waals surface area (Å²) >= 11 is 0. The van der Waals surface area contributed by atoms with Gasteiger partial charge in [-0.25, -0.2) is 0 Å². The van der Waals surface area contributed by atoms with Crippen molar-refractivity contribution in [3.05, 3.63) is 0 Å². The zero-order valence-electron chi connectivity index (χ0n) is 23.0. The van der Waals surface area contributed by atoms with Crippen molar-refractivity contribution in [2.45, 2.75) is 91.5 Å². The number of hydrogen-bond acceptors (Lipinski definition) is 6. The van der Waals surface area contributed by atoms with E-state index < -0.39 is 18.1 Å². The minimum absolute atomic E-state index is 0.0421. The van der Waals surface area contributed by atoms with E-state index in [9.17, 15) is 14.4 Å². The molecule has 1 fully saturated rings. The van der Waals surface area contributed by atoms with Crippen molar-refractivity contribution in [3.8, 4) is 0 Å². The summed E-state index contributed by atoms with van der Waals surface area (Å²) in [6, 6.07) is -0.424. The monoisotopic (exact) mass is 484 g/mol. The highest BCUT2D eigenvalue weighted by atomic mass is 16.5. The number of nitrogens with zero attached hydrogens (tertiary/aromatic N) is 2. The summed E-state index contributed by atoms with van der Waals surface area (Å²) in [4.78, 5) is 42.5. The van der Waals surface area contributed by atoms with Gasteiger partial charge < -0.3 is 24.0 Å². The van der Waals surface area contributed by atoms with Gasteiger partial charge in [0.1, 0.15) is 0 Å². The number of amides is 2. The number of ether oxygens (including phenoxy) is 3. The molecule has 198 valence electrons. The Bertz CT molecular complexity index is 670.